The molecule has 0 aliphatic carbocycles. The van der Waals surface area contributed by atoms with E-state index < -0.39 is 0 Å². The first-order valence-electron chi connectivity index (χ1n) is 5.27. The Bertz CT molecular complexity index is 296. The molecule has 76 valence electrons. The maximum Gasteiger partial charge on any atom is 0.0456 e. The molecule has 1 heterocycles. The van der Waals surface area contributed by atoms with E-state index in [2.05, 4.69) is 18.3 Å². The highest BCUT2D eigenvalue weighted by molar-refractivity contribution is 6.31. The Hall–Kier alpha value is -0.530. The third-order valence-electron chi connectivity index (χ3n) is 2.93. The molecule has 1 unspecified atom stereocenters. The van der Waals surface area contributed by atoms with Gasteiger partial charge in [0.1, 0.15) is 0 Å². The van der Waals surface area contributed by atoms with E-state index >= 15 is 0 Å². The van der Waals surface area contributed by atoms with Gasteiger partial charge in [-0.2, -0.15) is 0 Å². The van der Waals surface area contributed by atoms with Gasteiger partial charge in [0, 0.05) is 11.1 Å². The number of aryl methyl sites for hydroxylation is 1. The molecular formula is C12H16ClN. The van der Waals surface area contributed by atoms with Crippen LogP contribution in [0, 0.1) is 6.92 Å². The monoisotopic (exact) mass is 209 g/mol. The van der Waals surface area contributed by atoms with Gasteiger partial charge in [-0.1, -0.05) is 30.2 Å². The number of benzene rings is 1. The Balaban J connectivity index is 2.29. The van der Waals surface area contributed by atoms with Crippen molar-refractivity contribution in [1.29, 1.82) is 0 Å². The van der Waals surface area contributed by atoms with E-state index in [4.69, 9.17) is 11.6 Å². The highest BCUT2D eigenvalue weighted by Gasteiger charge is 2.18. The van der Waals surface area contributed by atoms with Crippen LogP contribution in [0.5, 0.6) is 0 Å². The average molecular weight is 210 g/mol. The molecule has 0 radical (unpaired) electrons. The zero-order chi connectivity index (χ0) is 9.97. The Labute approximate surface area is 90.5 Å². The Morgan fingerprint density at radius 3 is 2.86 bits per heavy atom. The van der Waals surface area contributed by atoms with E-state index in [-0.39, 0.29) is 0 Å². The molecule has 1 N–H and O–H groups in total. The molecule has 1 atom stereocenters. The molecule has 1 nitrogen and oxygen atoms in total. The van der Waals surface area contributed by atoms with Gasteiger partial charge in [0.05, 0.1) is 0 Å². The lowest BCUT2D eigenvalue weighted by atomic mass is 9.94. The molecule has 0 amide bonds. The molecule has 1 fully saturated rings. The normalized spacial score (nSPS) is 22.3. The lowest BCUT2D eigenvalue weighted by molar-refractivity contribution is 0.411. The van der Waals surface area contributed by atoms with Gasteiger partial charge < -0.3 is 5.32 Å². The van der Waals surface area contributed by atoms with Crippen molar-refractivity contribution in [2.24, 2.45) is 0 Å². The zero-order valence-electron chi connectivity index (χ0n) is 8.52. The number of piperidine rings is 1. The van der Waals surface area contributed by atoms with Gasteiger partial charge in [0.2, 0.25) is 0 Å². The molecule has 1 aliphatic rings. The second kappa shape index (κ2) is 4.33. The number of halogens is 1. The molecule has 1 aromatic rings. The number of nitrogens with one attached hydrogen (secondary N) is 1. The maximum absolute atomic E-state index is 6.22. The summed E-state index contributed by atoms with van der Waals surface area (Å²) in [6.45, 7) is 3.26. The molecular weight excluding hydrogens is 194 g/mol. The number of rotatable bonds is 1. The van der Waals surface area contributed by atoms with Gasteiger partial charge in [-0.05, 0) is 43.5 Å². The zero-order valence-corrected chi connectivity index (χ0v) is 9.27. The van der Waals surface area contributed by atoms with Crippen LogP contribution in [-0.4, -0.2) is 6.54 Å². The van der Waals surface area contributed by atoms with Gasteiger partial charge in [0.15, 0.2) is 0 Å². The maximum atomic E-state index is 6.22. The SMILES string of the molecule is Cc1cccc(Cl)c1C1CCCCN1. The molecule has 2 heteroatoms. The molecule has 0 spiro atoms. The number of hydrogen-bond donors (Lipinski definition) is 1. The van der Waals surface area contributed by atoms with Crippen molar-refractivity contribution < 1.29 is 0 Å². The highest BCUT2D eigenvalue weighted by Crippen LogP contribution is 2.31. The molecule has 0 saturated carbocycles. The third-order valence-corrected chi connectivity index (χ3v) is 3.26. The van der Waals surface area contributed by atoms with Crippen LogP contribution in [0.3, 0.4) is 0 Å². The summed E-state index contributed by atoms with van der Waals surface area (Å²) in [4.78, 5) is 0. The van der Waals surface area contributed by atoms with Gasteiger partial charge in [-0.15, -0.1) is 0 Å². The van der Waals surface area contributed by atoms with Crippen LogP contribution in [0.15, 0.2) is 18.2 Å². The highest BCUT2D eigenvalue weighted by atomic mass is 35.5. The molecule has 0 aromatic heterocycles. The van der Waals surface area contributed by atoms with Crippen molar-refractivity contribution in [1.82, 2.24) is 5.32 Å². The predicted molar refractivity (Wildman–Crippen MR) is 60.8 cm³/mol. The van der Waals surface area contributed by atoms with Crippen LogP contribution in [0.25, 0.3) is 0 Å². The van der Waals surface area contributed by atoms with Gasteiger partial charge in [0.25, 0.3) is 0 Å². The van der Waals surface area contributed by atoms with E-state index in [1.807, 2.05) is 12.1 Å². The van der Waals surface area contributed by atoms with Crippen LogP contribution in [0.1, 0.15) is 36.4 Å². The van der Waals surface area contributed by atoms with Crippen LogP contribution in [0.4, 0.5) is 0 Å². The van der Waals surface area contributed by atoms with Crippen LogP contribution in [0.2, 0.25) is 5.02 Å². The van der Waals surface area contributed by atoms with E-state index in [1.54, 1.807) is 0 Å². The van der Waals surface area contributed by atoms with Crippen molar-refractivity contribution in [3.05, 3.63) is 34.3 Å². The third kappa shape index (κ3) is 1.94. The standard InChI is InChI=1S/C12H16ClN/c1-9-5-4-6-10(13)12(9)11-7-2-3-8-14-11/h4-6,11,14H,2-3,7-8H2,1H3. The van der Waals surface area contributed by atoms with Crippen LogP contribution >= 0.6 is 11.6 Å². The average Bonchev–Trinajstić information content (AvgIpc) is 2.19. The first-order chi connectivity index (χ1) is 6.79. The van der Waals surface area contributed by atoms with Crippen LogP contribution in [-0.2, 0) is 0 Å². The summed E-state index contributed by atoms with van der Waals surface area (Å²) in [6.07, 6.45) is 3.81. The number of hydrogen-bond acceptors (Lipinski definition) is 1. The Morgan fingerprint density at radius 1 is 1.36 bits per heavy atom. The van der Waals surface area contributed by atoms with E-state index in [1.165, 1.54) is 30.4 Å². The molecule has 2 rings (SSSR count). The fraction of sp³-hybridized carbons (Fsp3) is 0.500. The summed E-state index contributed by atoms with van der Waals surface area (Å²) in [5.74, 6) is 0. The summed E-state index contributed by atoms with van der Waals surface area (Å²) in [5.41, 5.74) is 2.60. The second-order valence-electron chi connectivity index (χ2n) is 3.97. The minimum Gasteiger partial charge on any atom is -0.310 e. The molecule has 1 saturated heterocycles. The quantitative estimate of drug-likeness (QED) is 0.747. The fourth-order valence-electron chi connectivity index (χ4n) is 2.18. The Morgan fingerprint density at radius 2 is 2.21 bits per heavy atom. The van der Waals surface area contributed by atoms with E-state index in [0.717, 1.165) is 11.6 Å². The van der Waals surface area contributed by atoms with Crippen molar-refractivity contribution >= 4 is 11.6 Å². The first kappa shape index (κ1) is 10.0. The van der Waals surface area contributed by atoms with Crippen molar-refractivity contribution in [3.8, 4) is 0 Å². The fourth-order valence-corrected chi connectivity index (χ4v) is 2.54. The van der Waals surface area contributed by atoms with E-state index in [9.17, 15) is 0 Å². The summed E-state index contributed by atoms with van der Waals surface area (Å²) >= 11 is 6.22. The minimum absolute atomic E-state index is 0.470. The lowest BCUT2D eigenvalue weighted by Crippen LogP contribution is -2.27. The summed E-state index contributed by atoms with van der Waals surface area (Å²) in [6, 6.07) is 6.61. The summed E-state index contributed by atoms with van der Waals surface area (Å²) < 4.78 is 0. The Kier molecular flexibility index (Phi) is 3.09. The van der Waals surface area contributed by atoms with Crippen molar-refractivity contribution in [2.75, 3.05) is 6.54 Å². The smallest absolute Gasteiger partial charge is 0.0456 e. The molecule has 1 aliphatic heterocycles. The molecule has 1 aromatic carbocycles. The van der Waals surface area contributed by atoms with Gasteiger partial charge in [-0.3, -0.25) is 0 Å². The largest absolute Gasteiger partial charge is 0.310 e. The van der Waals surface area contributed by atoms with Crippen molar-refractivity contribution in [3.63, 3.8) is 0 Å². The topological polar surface area (TPSA) is 12.0 Å². The lowest BCUT2D eigenvalue weighted by Gasteiger charge is -2.26. The second-order valence-corrected chi connectivity index (χ2v) is 4.38. The summed E-state index contributed by atoms with van der Waals surface area (Å²) in [5, 5.41) is 4.44. The van der Waals surface area contributed by atoms with Gasteiger partial charge in [-0.25, -0.2) is 0 Å². The summed E-state index contributed by atoms with van der Waals surface area (Å²) in [7, 11) is 0. The van der Waals surface area contributed by atoms with Crippen LogP contribution < -0.4 is 5.32 Å². The van der Waals surface area contributed by atoms with Gasteiger partial charge >= 0.3 is 0 Å². The minimum atomic E-state index is 0.470. The molecule has 0 bridgehead atoms. The van der Waals surface area contributed by atoms with Crippen molar-refractivity contribution in [2.45, 2.75) is 32.2 Å². The first-order valence-corrected chi connectivity index (χ1v) is 5.65. The van der Waals surface area contributed by atoms with E-state index in [0.29, 0.717) is 6.04 Å². The predicted octanol–water partition coefficient (Wildman–Crippen LogP) is 3.46. The molecule has 14 heavy (non-hydrogen) atoms.